The van der Waals surface area contributed by atoms with E-state index in [-0.39, 0.29) is 18.4 Å². The van der Waals surface area contributed by atoms with Gasteiger partial charge in [0.15, 0.2) is 6.61 Å². The van der Waals surface area contributed by atoms with Crippen LogP contribution < -0.4 is 20.1 Å². The topological polar surface area (TPSA) is 76.7 Å². The van der Waals surface area contributed by atoms with Crippen LogP contribution in [0.15, 0.2) is 72.8 Å². The lowest BCUT2D eigenvalue weighted by Crippen LogP contribution is -2.20. The van der Waals surface area contributed by atoms with Gasteiger partial charge in [-0.15, -0.1) is 0 Å². The lowest BCUT2D eigenvalue weighted by molar-refractivity contribution is -0.118. The summed E-state index contributed by atoms with van der Waals surface area (Å²) in [6.45, 7) is 4.15. The molecule has 3 rings (SSSR count). The number of hydrogen-bond donors (Lipinski definition) is 2. The van der Waals surface area contributed by atoms with Gasteiger partial charge < -0.3 is 20.1 Å². The van der Waals surface area contributed by atoms with Crippen molar-refractivity contribution in [3.8, 4) is 11.5 Å². The van der Waals surface area contributed by atoms with Crippen LogP contribution in [0.25, 0.3) is 0 Å². The molecule has 2 amide bonds. The van der Waals surface area contributed by atoms with Crippen molar-refractivity contribution in [1.82, 2.24) is 0 Å². The van der Waals surface area contributed by atoms with Crippen LogP contribution in [0.3, 0.4) is 0 Å². The SMILES string of the molecule is COc1ccc(NC(=O)c2ccc(NC(=O)COc3ccc(C(C)C)cc3)cc2)cc1. The average molecular weight is 418 g/mol. The number of carbonyl (C=O) groups excluding carboxylic acids is 2. The molecule has 0 spiro atoms. The van der Waals surface area contributed by atoms with Gasteiger partial charge in [-0.2, -0.15) is 0 Å². The Morgan fingerprint density at radius 2 is 1.32 bits per heavy atom. The Morgan fingerprint density at radius 1 is 0.774 bits per heavy atom. The van der Waals surface area contributed by atoms with Crippen molar-refractivity contribution >= 4 is 23.2 Å². The highest BCUT2D eigenvalue weighted by atomic mass is 16.5. The Labute approximate surface area is 182 Å². The molecule has 0 aliphatic carbocycles. The Kier molecular flexibility index (Phi) is 7.27. The normalized spacial score (nSPS) is 10.5. The van der Waals surface area contributed by atoms with Crippen molar-refractivity contribution in [2.75, 3.05) is 24.4 Å². The van der Waals surface area contributed by atoms with Gasteiger partial charge in [-0.25, -0.2) is 0 Å². The maximum Gasteiger partial charge on any atom is 0.262 e. The van der Waals surface area contributed by atoms with E-state index in [0.717, 1.165) is 5.75 Å². The molecule has 0 aliphatic rings. The summed E-state index contributed by atoms with van der Waals surface area (Å²) in [5.41, 5.74) is 2.95. The first-order valence-corrected chi connectivity index (χ1v) is 10.0. The second-order valence-electron chi connectivity index (χ2n) is 7.32. The zero-order valence-corrected chi connectivity index (χ0v) is 17.8. The first kappa shape index (κ1) is 21.9. The minimum atomic E-state index is -0.275. The molecular formula is C25H26N2O4. The van der Waals surface area contributed by atoms with E-state index in [0.29, 0.717) is 28.6 Å². The molecule has 2 N–H and O–H groups in total. The minimum Gasteiger partial charge on any atom is -0.497 e. The van der Waals surface area contributed by atoms with E-state index in [1.807, 2.05) is 24.3 Å². The van der Waals surface area contributed by atoms with Gasteiger partial charge in [0.1, 0.15) is 11.5 Å². The predicted octanol–water partition coefficient (Wildman–Crippen LogP) is 5.09. The number of benzene rings is 3. The van der Waals surface area contributed by atoms with Crippen LogP contribution in [0.4, 0.5) is 11.4 Å². The van der Waals surface area contributed by atoms with E-state index in [4.69, 9.17) is 9.47 Å². The monoisotopic (exact) mass is 418 g/mol. The number of amides is 2. The average Bonchev–Trinajstić information content (AvgIpc) is 2.79. The molecule has 3 aromatic carbocycles. The molecule has 0 saturated heterocycles. The summed E-state index contributed by atoms with van der Waals surface area (Å²) in [5.74, 6) is 1.29. The second kappa shape index (κ2) is 10.3. The van der Waals surface area contributed by atoms with Crippen molar-refractivity contribution in [2.24, 2.45) is 0 Å². The number of anilines is 2. The van der Waals surface area contributed by atoms with Gasteiger partial charge in [-0.05, 0) is 72.1 Å². The number of ether oxygens (including phenoxy) is 2. The third-order valence-electron chi connectivity index (χ3n) is 4.70. The molecule has 0 radical (unpaired) electrons. The molecule has 0 fully saturated rings. The molecule has 0 heterocycles. The van der Waals surface area contributed by atoms with Crippen molar-refractivity contribution in [3.63, 3.8) is 0 Å². The number of carbonyl (C=O) groups is 2. The maximum atomic E-state index is 12.4. The number of hydrogen-bond acceptors (Lipinski definition) is 4. The largest absolute Gasteiger partial charge is 0.497 e. The summed E-state index contributed by atoms with van der Waals surface area (Å²) in [7, 11) is 1.59. The van der Waals surface area contributed by atoms with Crippen LogP contribution in [-0.4, -0.2) is 25.5 Å². The van der Waals surface area contributed by atoms with E-state index in [2.05, 4.69) is 24.5 Å². The third kappa shape index (κ3) is 6.34. The summed E-state index contributed by atoms with van der Waals surface area (Å²) in [5, 5.41) is 5.58. The Balaban J connectivity index is 1.49. The highest BCUT2D eigenvalue weighted by molar-refractivity contribution is 6.04. The molecule has 31 heavy (non-hydrogen) atoms. The molecule has 0 bridgehead atoms. The Bertz CT molecular complexity index is 1010. The second-order valence-corrected chi connectivity index (χ2v) is 7.32. The zero-order chi connectivity index (χ0) is 22.2. The fraction of sp³-hybridized carbons (Fsp3) is 0.200. The highest BCUT2D eigenvalue weighted by Crippen LogP contribution is 2.19. The van der Waals surface area contributed by atoms with Crippen molar-refractivity contribution in [1.29, 1.82) is 0 Å². The smallest absolute Gasteiger partial charge is 0.262 e. The fourth-order valence-corrected chi connectivity index (χ4v) is 2.88. The van der Waals surface area contributed by atoms with Crippen LogP contribution >= 0.6 is 0 Å². The van der Waals surface area contributed by atoms with Gasteiger partial charge in [-0.3, -0.25) is 9.59 Å². The van der Waals surface area contributed by atoms with Gasteiger partial charge in [0.2, 0.25) is 0 Å². The summed E-state index contributed by atoms with van der Waals surface area (Å²) >= 11 is 0. The molecular weight excluding hydrogens is 392 g/mol. The first-order valence-electron chi connectivity index (χ1n) is 10.0. The van der Waals surface area contributed by atoms with E-state index in [1.165, 1.54) is 5.56 Å². The summed E-state index contributed by atoms with van der Waals surface area (Å²) < 4.78 is 10.6. The van der Waals surface area contributed by atoms with Gasteiger partial charge in [0.25, 0.3) is 11.8 Å². The number of rotatable bonds is 8. The standard InChI is InChI=1S/C25H26N2O4/c1-17(2)18-6-12-23(13-7-18)31-16-24(28)26-20-8-4-19(5-9-20)25(29)27-21-10-14-22(30-3)15-11-21/h4-15,17H,16H2,1-3H3,(H,26,28)(H,27,29). The van der Waals surface area contributed by atoms with Gasteiger partial charge >= 0.3 is 0 Å². The first-order chi connectivity index (χ1) is 14.9. The number of methoxy groups -OCH3 is 1. The highest BCUT2D eigenvalue weighted by Gasteiger charge is 2.08. The third-order valence-corrected chi connectivity index (χ3v) is 4.70. The zero-order valence-electron chi connectivity index (χ0n) is 17.8. The fourth-order valence-electron chi connectivity index (χ4n) is 2.88. The molecule has 3 aromatic rings. The van der Waals surface area contributed by atoms with Gasteiger partial charge in [0.05, 0.1) is 7.11 Å². The summed E-state index contributed by atoms with van der Waals surface area (Å²) in [6.07, 6.45) is 0. The molecule has 160 valence electrons. The van der Waals surface area contributed by atoms with E-state index in [1.54, 1.807) is 55.6 Å². The molecule has 0 atom stereocenters. The van der Waals surface area contributed by atoms with E-state index >= 15 is 0 Å². The van der Waals surface area contributed by atoms with Crippen LogP contribution in [0, 0.1) is 0 Å². The lowest BCUT2D eigenvalue weighted by Gasteiger charge is -2.10. The Morgan fingerprint density at radius 3 is 1.90 bits per heavy atom. The molecule has 0 saturated carbocycles. The predicted molar refractivity (Wildman–Crippen MR) is 122 cm³/mol. The van der Waals surface area contributed by atoms with Crippen LogP contribution in [0.1, 0.15) is 35.7 Å². The van der Waals surface area contributed by atoms with Crippen molar-refractivity contribution in [3.05, 3.63) is 83.9 Å². The molecule has 6 heteroatoms. The molecule has 6 nitrogen and oxygen atoms in total. The lowest BCUT2D eigenvalue weighted by atomic mass is 10.0. The number of nitrogens with one attached hydrogen (secondary N) is 2. The van der Waals surface area contributed by atoms with Crippen LogP contribution in [0.2, 0.25) is 0 Å². The Hall–Kier alpha value is -3.80. The minimum absolute atomic E-state index is 0.0965. The van der Waals surface area contributed by atoms with Crippen LogP contribution in [0.5, 0.6) is 11.5 Å². The van der Waals surface area contributed by atoms with Crippen molar-refractivity contribution < 1.29 is 19.1 Å². The summed E-state index contributed by atoms with van der Waals surface area (Å²) in [4.78, 5) is 24.5. The van der Waals surface area contributed by atoms with E-state index in [9.17, 15) is 9.59 Å². The van der Waals surface area contributed by atoms with E-state index < -0.39 is 0 Å². The molecule has 0 unspecified atom stereocenters. The quantitative estimate of drug-likeness (QED) is 0.534. The van der Waals surface area contributed by atoms with Crippen LogP contribution in [-0.2, 0) is 4.79 Å². The maximum absolute atomic E-state index is 12.4. The summed E-state index contributed by atoms with van der Waals surface area (Å²) in [6, 6.07) is 21.4. The van der Waals surface area contributed by atoms with Gasteiger partial charge in [-0.1, -0.05) is 26.0 Å². The molecule has 0 aromatic heterocycles. The van der Waals surface area contributed by atoms with Gasteiger partial charge in [0, 0.05) is 16.9 Å². The van der Waals surface area contributed by atoms with Crippen molar-refractivity contribution in [2.45, 2.75) is 19.8 Å². The molecule has 0 aliphatic heterocycles.